The van der Waals surface area contributed by atoms with Gasteiger partial charge in [-0.2, -0.15) is 0 Å². The zero-order chi connectivity index (χ0) is 15.7. The quantitative estimate of drug-likeness (QED) is 0.852. The molecule has 21 heavy (non-hydrogen) atoms. The molecule has 2 rings (SSSR count). The molecule has 1 fully saturated rings. The summed E-state index contributed by atoms with van der Waals surface area (Å²) >= 11 is 0. The summed E-state index contributed by atoms with van der Waals surface area (Å²) < 4.78 is 0. The van der Waals surface area contributed by atoms with Crippen LogP contribution in [0, 0.1) is 0 Å². The van der Waals surface area contributed by atoms with E-state index >= 15 is 0 Å². The molecule has 4 heteroatoms. The first-order chi connectivity index (χ1) is 10.2. The molecule has 118 valence electrons. The second-order valence-corrected chi connectivity index (χ2v) is 5.00. The number of carbonyl (C=O) groups is 1. The van der Waals surface area contributed by atoms with Gasteiger partial charge in [-0.05, 0) is 18.7 Å². The molecule has 1 aromatic rings. The maximum absolute atomic E-state index is 12.2. The largest absolute Gasteiger partial charge is 0.314 e. The topological polar surface area (TPSA) is 26.8 Å². The lowest BCUT2D eigenvalue weighted by molar-refractivity contribution is -0.119. The number of hydrogen-bond acceptors (Lipinski definition) is 3. The summed E-state index contributed by atoms with van der Waals surface area (Å²) in [6.45, 7) is 11.9. The van der Waals surface area contributed by atoms with Gasteiger partial charge in [0.2, 0.25) is 5.91 Å². The standard InChI is InChI=1S/C15H23N3O.C2H6/c1-3-17-9-11-18(12-10-17)13-15(19)16(2)14-7-5-4-6-8-14;1-2/h4-8H,3,9-13H2,1-2H3;1-2H3. The summed E-state index contributed by atoms with van der Waals surface area (Å²) in [5.74, 6) is 0.163. The Labute approximate surface area is 129 Å². The number of piperazine rings is 1. The highest BCUT2D eigenvalue weighted by Gasteiger charge is 2.19. The molecule has 1 heterocycles. The van der Waals surface area contributed by atoms with Gasteiger partial charge in [0.25, 0.3) is 0 Å². The summed E-state index contributed by atoms with van der Waals surface area (Å²) in [5, 5.41) is 0. The molecule has 0 atom stereocenters. The fourth-order valence-corrected chi connectivity index (χ4v) is 2.36. The molecule has 0 unspecified atom stereocenters. The van der Waals surface area contributed by atoms with Gasteiger partial charge in [-0.15, -0.1) is 0 Å². The summed E-state index contributed by atoms with van der Waals surface area (Å²) in [7, 11) is 1.85. The Morgan fingerprint density at radius 3 is 2.10 bits per heavy atom. The molecule has 0 aliphatic carbocycles. The van der Waals surface area contributed by atoms with E-state index in [4.69, 9.17) is 0 Å². The normalized spacial score (nSPS) is 16.0. The highest BCUT2D eigenvalue weighted by Crippen LogP contribution is 2.12. The van der Waals surface area contributed by atoms with Crippen LogP contribution < -0.4 is 4.90 Å². The smallest absolute Gasteiger partial charge is 0.240 e. The molecule has 0 spiro atoms. The summed E-state index contributed by atoms with van der Waals surface area (Å²) in [6.07, 6.45) is 0. The van der Waals surface area contributed by atoms with Crippen molar-refractivity contribution in [2.24, 2.45) is 0 Å². The number of rotatable bonds is 4. The third kappa shape index (κ3) is 5.48. The number of amides is 1. The molecule has 0 saturated carbocycles. The van der Waals surface area contributed by atoms with E-state index in [-0.39, 0.29) is 5.91 Å². The van der Waals surface area contributed by atoms with Crippen LogP contribution in [-0.2, 0) is 4.79 Å². The number of nitrogens with zero attached hydrogens (tertiary/aromatic N) is 3. The van der Waals surface area contributed by atoms with Crippen LogP contribution >= 0.6 is 0 Å². The van der Waals surface area contributed by atoms with E-state index in [2.05, 4.69) is 16.7 Å². The van der Waals surface area contributed by atoms with E-state index in [1.807, 2.05) is 51.2 Å². The third-order valence-electron chi connectivity index (χ3n) is 3.79. The second-order valence-electron chi connectivity index (χ2n) is 5.00. The lowest BCUT2D eigenvalue weighted by Crippen LogP contribution is -2.49. The van der Waals surface area contributed by atoms with Gasteiger partial charge in [-0.3, -0.25) is 9.69 Å². The molecule has 0 bridgehead atoms. The van der Waals surface area contributed by atoms with Crippen molar-refractivity contribution in [1.82, 2.24) is 9.80 Å². The van der Waals surface area contributed by atoms with Gasteiger partial charge in [0, 0.05) is 38.9 Å². The Kier molecular flexibility index (Phi) is 8.01. The van der Waals surface area contributed by atoms with Crippen LogP contribution in [0.4, 0.5) is 5.69 Å². The second kappa shape index (κ2) is 9.53. The first-order valence-corrected chi connectivity index (χ1v) is 7.97. The monoisotopic (exact) mass is 291 g/mol. The van der Waals surface area contributed by atoms with Gasteiger partial charge >= 0.3 is 0 Å². The van der Waals surface area contributed by atoms with E-state index in [0.717, 1.165) is 38.4 Å². The predicted octanol–water partition coefficient (Wildman–Crippen LogP) is 2.31. The van der Waals surface area contributed by atoms with Gasteiger partial charge < -0.3 is 9.80 Å². The molecule has 0 aromatic heterocycles. The number of carbonyl (C=O) groups excluding carboxylic acids is 1. The first kappa shape index (κ1) is 17.7. The van der Waals surface area contributed by atoms with E-state index < -0.39 is 0 Å². The van der Waals surface area contributed by atoms with Crippen molar-refractivity contribution in [3.63, 3.8) is 0 Å². The molecule has 1 aromatic carbocycles. The average Bonchev–Trinajstić information content (AvgIpc) is 2.57. The van der Waals surface area contributed by atoms with Crippen LogP contribution in [-0.4, -0.2) is 62.0 Å². The van der Waals surface area contributed by atoms with Gasteiger partial charge in [-0.1, -0.05) is 39.0 Å². The van der Waals surface area contributed by atoms with Crippen molar-refractivity contribution >= 4 is 11.6 Å². The maximum atomic E-state index is 12.2. The minimum absolute atomic E-state index is 0.163. The van der Waals surface area contributed by atoms with E-state index in [1.165, 1.54) is 0 Å². The van der Waals surface area contributed by atoms with Crippen molar-refractivity contribution in [1.29, 1.82) is 0 Å². The minimum atomic E-state index is 0.163. The average molecular weight is 291 g/mol. The SMILES string of the molecule is CC.CCN1CCN(CC(=O)N(C)c2ccccc2)CC1. The third-order valence-corrected chi connectivity index (χ3v) is 3.79. The van der Waals surface area contributed by atoms with Gasteiger partial charge in [0.05, 0.1) is 6.54 Å². The lowest BCUT2D eigenvalue weighted by Gasteiger charge is -2.34. The molecule has 1 saturated heterocycles. The Morgan fingerprint density at radius 2 is 1.57 bits per heavy atom. The fraction of sp³-hybridized carbons (Fsp3) is 0.588. The highest BCUT2D eigenvalue weighted by molar-refractivity contribution is 5.94. The molecule has 0 N–H and O–H groups in total. The predicted molar refractivity (Wildman–Crippen MR) is 89.8 cm³/mol. The Bertz CT molecular complexity index is 400. The Balaban J connectivity index is 0.00000106. The van der Waals surface area contributed by atoms with Gasteiger partial charge in [-0.25, -0.2) is 0 Å². The van der Waals surface area contributed by atoms with E-state index in [0.29, 0.717) is 6.54 Å². The molecule has 1 aliphatic heterocycles. The summed E-state index contributed by atoms with van der Waals surface area (Å²) in [5.41, 5.74) is 0.958. The van der Waals surface area contributed by atoms with E-state index in [1.54, 1.807) is 4.90 Å². The van der Waals surface area contributed by atoms with E-state index in [9.17, 15) is 4.79 Å². The van der Waals surface area contributed by atoms with Crippen LogP contribution in [0.25, 0.3) is 0 Å². The van der Waals surface area contributed by atoms with Crippen molar-refractivity contribution in [2.75, 3.05) is 51.2 Å². The molecular weight excluding hydrogens is 262 g/mol. The van der Waals surface area contributed by atoms with Crippen LogP contribution in [0.5, 0.6) is 0 Å². The Morgan fingerprint density at radius 1 is 1.05 bits per heavy atom. The van der Waals surface area contributed by atoms with Crippen molar-refractivity contribution in [3.8, 4) is 0 Å². The zero-order valence-corrected chi connectivity index (χ0v) is 13.9. The number of anilines is 1. The highest BCUT2D eigenvalue weighted by atomic mass is 16.2. The first-order valence-electron chi connectivity index (χ1n) is 7.97. The fourth-order valence-electron chi connectivity index (χ4n) is 2.36. The van der Waals surface area contributed by atoms with Crippen LogP contribution in [0.2, 0.25) is 0 Å². The molecule has 1 aliphatic rings. The van der Waals surface area contributed by atoms with Crippen molar-refractivity contribution in [3.05, 3.63) is 30.3 Å². The zero-order valence-electron chi connectivity index (χ0n) is 13.9. The molecule has 0 radical (unpaired) electrons. The lowest BCUT2D eigenvalue weighted by atomic mass is 10.2. The summed E-state index contributed by atoms with van der Waals surface area (Å²) in [6, 6.07) is 9.81. The van der Waals surface area contributed by atoms with Crippen LogP contribution in [0.15, 0.2) is 30.3 Å². The minimum Gasteiger partial charge on any atom is -0.314 e. The molecular formula is C17H29N3O. The number of benzene rings is 1. The van der Waals surface area contributed by atoms with Crippen LogP contribution in [0.3, 0.4) is 0 Å². The summed E-state index contributed by atoms with van der Waals surface area (Å²) in [4.78, 5) is 18.6. The number of likely N-dealkylation sites (N-methyl/N-ethyl adjacent to an activating group) is 2. The van der Waals surface area contributed by atoms with Gasteiger partial charge in [0.15, 0.2) is 0 Å². The molecule has 4 nitrogen and oxygen atoms in total. The number of hydrogen-bond donors (Lipinski definition) is 0. The van der Waals surface area contributed by atoms with Crippen molar-refractivity contribution in [2.45, 2.75) is 20.8 Å². The van der Waals surface area contributed by atoms with Crippen molar-refractivity contribution < 1.29 is 4.79 Å². The molecule has 1 amide bonds. The maximum Gasteiger partial charge on any atom is 0.240 e. The Hall–Kier alpha value is -1.39. The van der Waals surface area contributed by atoms with Crippen LogP contribution in [0.1, 0.15) is 20.8 Å². The number of para-hydroxylation sites is 1. The van der Waals surface area contributed by atoms with Gasteiger partial charge in [0.1, 0.15) is 0 Å².